The zero-order valence-electron chi connectivity index (χ0n) is 17.9. The minimum absolute atomic E-state index is 0.0535. The van der Waals surface area contributed by atoms with Gasteiger partial charge >= 0.3 is 0 Å². The summed E-state index contributed by atoms with van der Waals surface area (Å²) >= 11 is 1.72. The number of rotatable bonds is 5. The highest BCUT2D eigenvalue weighted by molar-refractivity contribution is 7.97. The van der Waals surface area contributed by atoms with Gasteiger partial charge in [-0.25, -0.2) is 4.31 Å². The Labute approximate surface area is 182 Å². The Bertz CT molecular complexity index is 1230. The molecule has 0 spiro atoms. The number of nitrogens with zero attached hydrogens (tertiary/aromatic N) is 3. The average molecular weight is 444 g/mol. The number of aromatic nitrogens is 1. The maximum atomic E-state index is 12.8. The van der Waals surface area contributed by atoms with Crippen molar-refractivity contribution in [1.29, 1.82) is 0 Å². The van der Waals surface area contributed by atoms with E-state index in [9.17, 15) is 9.00 Å². The van der Waals surface area contributed by atoms with Crippen LogP contribution in [0.4, 0.5) is 0 Å². The summed E-state index contributed by atoms with van der Waals surface area (Å²) in [6.45, 7) is 6.22. The molecular weight excluding hydrogens is 414 g/mol. The molecule has 0 radical (unpaired) electrons. The summed E-state index contributed by atoms with van der Waals surface area (Å²) in [6.07, 6.45) is 4.64. The predicted octanol–water partition coefficient (Wildman–Crippen LogP) is 3.21. The summed E-state index contributed by atoms with van der Waals surface area (Å²) in [5, 5.41) is 0.800. The predicted molar refractivity (Wildman–Crippen MR) is 130 cm³/mol. The number of aryl methyl sites for hydroxylation is 2. The van der Waals surface area contributed by atoms with Gasteiger partial charge in [0.1, 0.15) is 0 Å². The maximum Gasteiger partial charge on any atom is 0.259 e. The third kappa shape index (κ3) is 4.12. The number of benzene rings is 1. The van der Waals surface area contributed by atoms with Gasteiger partial charge in [-0.15, -0.1) is 11.3 Å². The number of fused-ring (bicyclic) bond motifs is 1. The molecule has 4 rings (SSSR count). The van der Waals surface area contributed by atoms with E-state index in [-0.39, 0.29) is 5.56 Å². The fraction of sp³-hybridized carbons (Fsp3) is 0.391. The largest absolute Gasteiger partial charge is 0.317 e. The number of pyridine rings is 1. The van der Waals surface area contributed by atoms with Crippen LogP contribution in [0.5, 0.6) is 0 Å². The van der Waals surface area contributed by atoms with Gasteiger partial charge in [0.25, 0.3) is 5.56 Å². The molecule has 0 bridgehead atoms. The van der Waals surface area contributed by atoms with Crippen molar-refractivity contribution in [1.82, 2.24) is 13.8 Å². The fourth-order valence-electron chi connectivity index (χ4n) is 4.16. The topological polar surface area (TPSA) is 45.6 Å². The van der Waals surface area contributed by atoms with E-state index in [2.05, 4.69) is 48.0 Å². The van der Waals surface area contributed by atoms with Gasteiger partial charge in [0.05, 0.1) is 5.39 Å². The zero-order chi connectivity index (χ0) is 21.5. The van der Waals surface area contributed by atoms with E-state index in [4.69, 9.17) is 0 Å². The Morgan fingerprint density at radius 2 is 1.83 bits per heavy atom. The molecule has 2 aromatic heterocycles. The lowest BCUT2D eigenvalue weighted by Gasteiger charge is -2.34. The van der Waals surface area contributed by atoms with Crippen LogP contribution in [0.15, 0.2) is 41.3 Å². The van der Waals surface area contributed by atoms with Gasteiger partial charge in [-0.1, -0.05) is 31.2 Å². The molecule has 7 heteroatoms. The summed E-state index contributed by atoms with van der Waals surface area (Å²) in [5.41, 5.74) is 3.68. The second-order valence-electron chi connectivity index (χ2n) is 8.09. The first-order chi connectivity index (χ1) is 14.3. The van der Waals surface area contributed by atoms with Crippen molar-refractivity contribution < 1.29 is 4.21 Å². The van der Waals surface area contributed by atoms with Crippen molar-refractivity contribution in [2.45, 2.75) is 19.9 Å². The van der Waals surface area contributed by atoms with E-state index < -0.39 is 9.71 Å². The summed E-state index contributed by atoms with van der Waals surface area (Å²) in [7, 11) is -0.300. The van der Waals surface area contributed by atoms with Gasteiger partial charge < -0.3 is 4.57 Å². The van der Waals surface area contributed by atoms with E-state index in [0.29, 0.717) is 0 Å². The van der Waals surface area contributed by atoms with E-state index in [1.165, 1.54) is 16.0 Å². The second-order valence-corrected chi connectivity index (χ2v) is 11.7. The Morgan fingerprint density at radius 3 is 2.50 bits per heavy atom. The van der Waals surface area contributed by atoms with Crippen molar-refractivity contribution in [3.63, 3.8) is 0 Å². The smallest absolute Gasteiger partial charge is 0.259 e. The first kappa shape index (κ1) is 21.3. The SMILES string of the molecule is C=S(C)(=O)N1CCN(Cc2cc3c(=O)n(C)cc(-c4ccccc4CC)c3s2)CC1. The molecule has 3 aromatic rings. The van der Waals surface area contributed by atoms with Crippen molar-refractivity contribution in [2.24, 2.45) is 7.05 Å². The molecule has 1 fully saturated rings. The zero-order valence-corrected chi connectivity index (χ0v) is 19.5. The van der Waals surface area contributed by atoms with Crippen LogP contribution in [0.1, 0.15) is 17.4 Å². The summed E-state index contributed by atoms with van der Waals surface area (Å²) in [4.78, 5) is 16.4. The lowest BCUT2D eigenvalue weighted by Crippen LogP contribution is -2.47. The molecule has 1 saturated heterocycles. The van der Waals surface area contributed by atoms with Crippen LogP contribution in [-0.4, -0.2) is 56.3 Å². The maximum absolute atomic E-state index is 12.8. The van der Waals surface area contributed by atoms with Crippen LogP contribution in [0.3, 0.4) is 0 Å². The summed E-state index contributed by atoms with van der Waals surface area (Å²) < 4.78 is 16.9. The van der Waals surface area contributed by atoms with Gasteiger partial charge in [-0.05, 0) is 29.5 Å². The highest BCUT2D eigenvalue weighted by atomic mass is 32.2. The molecule has 160 valence electrons. The average Bonchev–Trinajstić information content (AvgIpc) is 3.14. The van der Waals surface area contributed by atoms with E-state index in [1.54, 1.807) is 22.2 Å². The lowest BCUT2D eigenvalue weighted by atomic mass is 9.99. The standard InChI is InChI=1S/C23H29N3O2S2/c1-5-17-8-6-7-9-19(17)21-16-24(2)23(27)20-14-18(29-22(20)21)15-25-10-12-26(13-11-25)30(3,4)28/h6-9,14,16H,3,5,10-13,15H2,1-2,4H3. The number of thiophene rings is 1. The molecule has 1 atom stereocenters. The monoisotopic (exact) mass is 443 g/mol. The highest BCUT2D eigenvalue weighted by Crippen LogP contribution is 2.35. The van der Waals surface area contributed by atoms with Gasteiger partial charge in [-0.2, -0.15) is 0 Å². The molecule has 1 aromatic carbocycles. The first-order valence-electron chi connectivity index (χ1n) is 10.3. The Balaban J connectivity index is 1.68. The van der Waals surface area contributed by atoms with E-state index in [0.717, 1.165) is 54.8 Å². The third-order valence-electron chi connectivity index (χ3n) is 5.85. The van der Waals surface area contributed by atoms with Gasteiger partial charge in [-0.3, -0.25) is 13.9 Å². The van der Waals surface area contributed by atoms with Crippen LogP contribution < -0.4 is 5.56 Å². The molecule has 1 aliphatic heterocycles. The quantitative estimate of drug-likeness (QED) is 0.569. The highest BCUT2D eigenvalue weighted by Gasteiger charge is 2.22. The lowest BCUT2D eigenvalue weighted by molar-refractivity contribution is 0.187. The molecule has 0 aliphatic carbocycles. The minimum atomic E-state index is -2.13. The van der Waals surface area contributed by atoms with Gasteiger partial charge in [0, 0.05) is 77.1 Å². The molecule has 5 nitrogen and oxygen atoms in total. The van der Waals surface area contributed by atoms with E-state index >= 15 is 0 Å². The Morgan fingerprint density at radius 1 is 1.13 bits per heavy atom. The van der Waals surface area contributed by atoms with Gasteiger partial charge in [0.2, 0.25) is 0 Å². The van der Waals surface area contributed by atoms with Crippen LogP contribution in [-0.2, 0) is 29.7 Å². The molecule has 0 N–H and O–H groups in total. The fourth-order valence-corrected chi connectivity index (χ4v) is 6.31. The summed E-state index contributed by atoms with van der Waals surface area (Å²) in [6, 6.07) is 10.5. The molecule has 3 heterocycles. The second kappa shape index (κ2) is 8.30. The summed E-state index contributed by atoms with van der Waals surface area (Å²) in [5.74, 6) is 3.80. The Kier molecular flexibility index (Phi) is 5.90. The normalized spacial score (nSPS) is 18.0. The van der Waals surface area contributed by atoms with Crippen LogP contribution in [0.25, 0.3) is 21.2 Å². The molecule has 0 saturated carbocycles. The first-order valence-corrected chi connectivity index (χ1v) is 13.2. The minimum Gasteiger partial charge on any atom is -0.317 e. The van der Waals surface area contributed by atoms with E-state index in [1.807, 2.05) is 17.5 Å². The van der Waals surface area contributed by atoms with Crippen molar-refractivity contribution in [2.75, 3.05) is 32.4 Å². The van der Waals surface area contributed by atoms with Crippen LogP contribution in [0.2, 0.25) is 0 Å². The number of hydrogen-bond donors (Lipinski definition) is 0. The third-order valence-corrected chi connectivity index (χ3v) is 8.46. The van der Waals surface area contributed by atoms with Crippen LogP contribution >= 0.6 is 11.3 Å². The van der Waals surface area contributed by atoms with Crippen molar-refractivity contribution >= 4 is 37.0 Å². The van der Waals surface area contributed by atoms with Crippen molar-refractivity contribution in [3.05, 3.63) is 57.3 Å². The van der Waals surface area contributed by atoms with Gasteiger partial charge in [0.15, 0.2) is 0 Å². The number of hydrogen-bond acceptors (Lipinski definition) is 4. The molecular formula is C23H29N3O2S2. The number of piperazine rings is 1. The molecule has 30 heavy (non-hydrogen) atoms. The molecule has 1 aliphatic rings. The van der Waals surface area contributed by atoms with Crippen LogP contribution in [0, 0.1) is 0 Å². The molecule has 1 unspecified atom stereocenters. The Hall–Kier alpha value is -1.93. The van der Waals surface area contributed by atoms with Crippen molar-refractivity contribution in [3.8, 4) is 11.1 Å². The molecule has 0 amide bonds.